The first-order valence-electron chi connectivity index (χ1n) is 10.8. The fraction of sp³-hybridized carbons (Fsp3) is 0.375. The average molecular weight is 438 g/mol. The lowest BCUT2D eigenvalue weighted by molar-refractivity contribution is -0.167. The molecule has 1 saturated heterocycles. The molecule has 168 valence electrons. The number of hydrogen-bond acceptors (Lipinski definition) is 7. The van der Waals surface area contributed by atoms with Gasteiger partial charge in [0.15, 0.2) is 0 Å². The molecule has 0 radical (unpaired) electrons. The highest BCUT2D eigenvalue weighted by molar-refractivity contribution is 5.96. The molecule has 0 spiro atoms. The quantitative estimate of drug-likeness (QED) is 0.371. The molecule has 2 aromatic rings. The molecule has 1 amide bonds. The molecular formula is C24H26N2O6. The van der Waals surface area contributed by atoms with Crippen LogP contribution in [-0.4, -0.2) is 44.0 Å². The van der Waals surface area contributed by atoms with Gasteiger partial charge in [0.2, 0.25) is 6.29 Å². The number of ether oxygens (including phenoxy) is 3. The molecule has 1 aliphatic heterocycles. The van der Waals surface area contributed by atoms with Gasteiger partial charge in [-0.2, -0.15) is 0 Å². The second kappa shape index (κ2) is 9.82. The van der Waals surface area contributed by atoms with Gasteiger partial charge in [0.05, 0.1) is 0 Å². The summed E-state index contributed by atoms with van der Waals surface area (Å²) >= 11 is 0. The number of hydrogen-bond donors (Lipinski definition) is 2. The first-order chi connectivity index (χ1) is 15.6. The largest absolute Gasteiger partial charge is 0.455 e. The molecule has 2 N–H and O–H groups in total. The zero-order valence-corrected chi connectivity index (χ0v) is 17.8. The van der Waals surface area contributed by atoms with Gasteiger partial charge in [-0.15, -0.1) is 0 Å². The minimum atomic E-state index is -0.966. The van der Waals surface area contributed by atoms with Crippen LogP contribution in [0.25, 0.3) is 16.8 Å². The van der Waals surface area contributed by atoms with Crippen molar-refractivity contribution >= 4 is 35.4 Å². The van der Waals surface area contributed by atoms with Crippen LogP contribution < -0.4 is 10.6 Å². The van der Waals surface area contributed by atoms with Crippen LogP contribution in [0.5, 0.6) is 0 Å². The van der Waals surface area contributed by atoms with Gasteiger partial charge in [-0.25, -0.2) is 4.79 Å². The molecule has 2 aliphatic rings. The highest BCUT2D eigenvalue weighted by Crippen LogP contribution is 2.36. The third kappa shape index (κ3) is 4.75. The predicted octanol–water partition coefficient (Wildman–Crippen LogP) is 2.99. The molecular weight excluding hydrogens is 412 g/mol. The van der Waals surface area contributed by atoms with E-state index in [0.29, 0.717) is 19.4 Å². The van der Waals surface area contributed by atoms with E-state index in [2.05, 4.69) is 10.6 Å². The molecule has 1 heterocycles. The lowest BCUT2D eigenvalue weighted by Gasteiger charge is -2.22. The summed E-state index contributed by atoms with van der Waals surface area (Å²) in [5, 5.41) is 7.86. The molecule has 0 bridgehead atoms. The van der Waals surface area contributed by atoms with E-state index >= 15 is 0 Å². The normalized spacial score (nSPS) is 19.9. The Morgan fingerprint density at radius 2 is 2.12 bits per heavy atom. The van der Waals surface area contributed by atoms with Gasteiger partial charge in [0.1, 0.15) is 12.1 Å². The zero-order valence-electron chi connectivity index (χ0n) is 17.8. The van der Waals surface area contributed by atoms with Crippen molar-refractivity contribution in [1.82, 2.24) is 10.6 Å². The van der Waals surface area contributed by atoms with E-state index in [1.54, 1.807) is 0 Å². The summed E-state index contributed by atoms with van der Waals surface area (Å²) in [5.41, 5.74) is 3.04. The number of carbonyl (C=O) groups excluding carboxylic acids is 3. The number of esters is 1. The van der Waals surface area contributed by atoms with Crippen molar-refractivity contribution < 1.29 is 28.6 Å². The Morgan fingerprint density at radius 3 is 2.91 bits per heavy atom. The number of alkyl carbamates (subject to hydrolysis) is 1. The lowest BCUT2D eigenvalue weighted by atomic mass is 9.88. The topological polar surface area (TPSA) is 103 Å². The van der Waals surface area contributed by atoms with Gasteiger partial charge in [-0.3, -0.25) is 9.59 Å². The van der Waals surface area contributed by atoms with Crippen molar-refractivity contribution in [2.45, 2.75) is 44.6 Å². The fourth-order valence-electron chi connectivity index (χ4n) is 4.24. The summed E-state index contributed by atoms with van der Waals surface area (Å²) in [5.74, 6) is -0.405. The molecule has 3 atom stereocenters. The molecule has 2 aromatic carbocycles. The summed E-state index contributed by atoms with van der Waals surface area (Å²) in [6, 6.07) is 9.62. The van der Waals surface area contributed by atoms with Crippen molar-refractivity contribution in [3.8, 4) is 0 Å². The van der Waals surface area contributed by atoms with Gasteiger partial charge in [-0.05, 0) is 53.8 Å². The van der Waals surface area contributed by atoms with Crippen LogP contribution in [0.3, 0.4) is 0 Å². The van der Waals surface area contributed by atoms with E-state index in [1.165, 1.54) is 6.92 Å². The lowest BCUT2D eigenvalue weighted by Crippen LogP contribution is -2.37. The minimum Gasteiger partial charge on any atom is -0.455 e. The van der Waals surface area contributed by atoms with Crippen LogP contribution in [0, 0.1) is 0 Å². The summed E-state index contributed by atoms with van der Waals surface area (Å²) in [6.45, 7) is 3.12. The van der Waals surface area contributed by atoms with Crippen LogP contribution in [0.2, 0.25) is 0 Å². The molecule has 8 nitrogen and oxygen atoms in total. The molecule has 4 rings (SSSR count). The maximum Gasteiger partial charge on any atom is 0.410 e. The zero-order chi connectivity index (χ0) is 22.5. The summed E-state index contributed by atoms with van der Waals surface area (Å²) in [6.07, 6.45) is 4.02. The second-order valence-corrected chi connectivity index (χ2v) is 7.83. The van der Waals surface area contributed by atoms with Crippen molar-refractivity contribution in [2.75, 3.05) is 13.1 Å². The van der Waals surface area contributed by atoms with Gasteiger partial charge in [0.25, 0.3) is 6.47 Å². The SMILES string of the molecule is CC(OC(=O)NCCc1ccc2cccc3c2c1C=CC3OC=O)OC(=O)C1CCCN1. The second-order valence-electron chi connectivity index (χ2n) is 7.83. The number of benzene rings is 2. The Bertz CT molecular complexity index is 1040. The van der Waals surface area contributed by atoms with E-state index in [-0.39, 0.29) is 6.04 Å². The van der Waals surface area contributed by atoms with E-state index in [0.717, 1.165) is 46.8 Å². The van der Waals surface area contributed by atoms with Crippen molar-refractivity contribution in [2.24, 2.45) is 0 Å². The number of nitrogens with one attached hydrogen (secondary N) is 2. The Morgan fingerprint density at radius 1 is 1.25 bits per heavy atom. The van der Waals surface area contributed by atoms with Crippen molar-refractivity contribution in [1.29, 1.82) is 0 Å². The van der Waals surface area contributed by atoms with E-state index in [1.807, 2.05) is 42.5 Å². The standard InChI is InChI=1S/C24H26N2O6/c1-15(31-23(28)20-6-3-12-25-20)32-24(29)26-13-11-16-7-8-17-4-2-5-19-21(30-14-27)10-9-18(16)22(17)19/h2,4-5,7-10,14-15,20-21,25H,3,6,11-13H2,1H3,(H,26,29). The van der Waals surface area contributed by atoms with Crippen molar-refractivity contribution in [3.05, 3.63) is 53.1 Å². The van der Waals surface area contributed by atoms with Crippen LogP contribution >= 0.6 is 0 Å². The summed E-state index contributed by atoms with van der Waals surface area (Å²) < 4.78 is 15.5. The first-order valence-corrected chi connectivity index (χ1v) is 10.8. The Hall–Kier alpha value is -3.39. The molecule has 32 heavy (non-hydrogen) atoms. The smallest absolute Gasteiger partial charge is 0.410 e. The molecule has 8 heteroatoms. The summed E-state index contributed by atoms with van der Waals surface area (Å²) in [7, 11) is 0. The van der Waals surface area contributed by atoms with Gasteiger partial charge < -0.3 is 24.8 Å². The van der Waals surface area contributed by atoms with E-state index in [9.17, 15) is 14.4 Å². The molecule has 3 unspecified atom stereocenters. The third-order valence-corrected chi connectivity index (χ3v) is 5.72. The number of carbonyl (C=O) groups is 3. The monoisotopic (exact) mass is 438 g/mol. The predicted molar refractivity (Wildman–Crippen MR) is 118 cm³/mol. The van der Waals surface area contributed by atoms with Gasteiger partial charge >= 0.3 is 12.1 Å². The molecule has 1 aliphatic carbocycles. The highest BCUT2D eigenvalue weighted by atomic mass is 16.7. The van der Waals surface area contributed by atoms with Gasteiger partial charge in [-0.1, -0.05) is 36.4 Å². The third-order valence-electron chi connectivity index (χ3n) is 5.72. The average Bonchev–Trinajstić information content (AvgIpc) is 3.32. The van der Waals surface area contributed by atoms with Crippen LogP contribution in [0.4, 0.5) is 4.79 Å². The Labute approximate surface area is 185 Å². The van der Waals surface area contributed by atoms with E-state index < -0.39 is 24.5 Å². The molecule has 1 fully saturated rings. The van der Waals surface area contributed by atoms with Crippen LogP contribution in [0.15, 0.2) is 36.4 Å². The fourth-order valence-corrected chi connectivity index (χ4v) is 4.24. The Balaban J connectivity index is 1.34. The van der Waals surface area contributed by atoms with Crippen molar-refractivity contribution in [3.63, 3.8) is 0 Å². The first kappa shape index (κ1) is 21.8. The molecule has 0 aromatic heterocycles. The number of amides is 1. The highest BCUT2D eigenvalue weighted by Gasteiger charge is 2.26. The maximum absolute atomic E-state index is 12.1. The number of rotatable bonds is 8. The molecule has 0 saturated carbocycles. The minimum absolute atomic E-state index is 0.330. The van der Waals surface area contributed by atoms with E-state index in [4.69, 9.17) is 14.2 Å². The maximum atomic E-state index is 12.1. The van der Waals surface area contributed by atoms with Crippen LogP contribution in [-0.2, 0) is 30.2 Å². The van der Waals surface area contributed by atoms with Gasteiger partial charge in [0, 0.05) is 19.0 Å². The summed E-state index contributed by atoms with van der Waals surface area (Å²) in [4.78, 5) is 34.9. The van der Waals surface area contributed by atoms with Crippen LogP contribution in [0.1, 0.15) is 42.6 Å². The Kier molecular flexibility index (Phi) is 6.70.